The van der Waals surface area contributed by atoms with E-state index in [0.29, 0.717) is 5.92 Å². The molecule has 1 aliphatic heterocycles. The van der Waals surface area contributed by atoms with Crippen LogP contribution in [0.15, 0.2) is 65.2 Å². The van der Waals surface area contributed by atoms with Crippen LogP contribution in [0.25, 0.3) is 0 Å². The molecule has 0 spiro atoms. The number of hydrogen-bond donors (Lipinski definition) is 0. The van der Waals surface area contributed by atoms with Crippen molar-refractivity contribution in [2.75, 3.05) is 20.2 Å². The average molecular weight is 348 g/mol. The Kier molecular flexibility index (Phi) is 5.02. The number of ether oxygens (including phenoxy) is 1. The van der Waals surface area contributed by atoms with Crippen LogP contribution in [0.2, 0.25) is 0 Å². The lowest BCUT2D eigenvalue weighted by Gasteiger charge is -2.15. The predicted octanol–water partition coefficient (Wildman–Crippen LogP) is 4.26. The van der Waals surface area contributed by atoms with Crippen molar-refractivity contribution in [2.24, 2.45) is 0 Å². The van der Waals surface area contributed by atoms with Gasteiger partial charge in [0.15, 0.2) is 5.89 Å². The molecule has 0 radical (unpaired) electrons. The number of oxazole rings is 1. The van der Waals surface area contributed by atoms with Gasteiger partial charge in [-0.1, -0.05) is 42.5 Å². The van der Waals surface area contributed by atoms with Gasteiger partial charge < -0.3 is 9.15 Å². The van der Waals surface area contributed by atoms with E-state index in [1.807, 2.05) is 24.4 Å². The third-order valence-electron chi connectivity index (χ3n) is 4.95. The van der Waals surface area contributed by atoms with Crippen molar-refractivity contribution >= 4 is 0 Å². The SMILES string of the molecule is COc1cccc(Cc2cnc([C@H]3CCN(Cc4ccccc4)C3)o2)c1. The zero-order valence-electron chi connectivity index (χ0n) is 15.1. The zero-order chi connectivity index (χ0) is 17.8. The molecule has 4 heteroatoms. The van der Waals surface area contributed by atoms with Crippen molar-refractivity contribution in [3.63, 3.8) is 0 Å². The van der Waals surface area contributed by atoms with E-state index in [9.17, 15) is 0 Å². The number of hydrogen-bond acceptors (Lipinski definition) is 4. The van der Waals surface area contributed by atoms with Gasteiger partial charge in [0, 0.05) is 25.4 Å². The Bertz CT molecular complexity index is 844. The number of benzene rings is 2. The third-order valence-corrected chi connectivity index (χ3v) is 4.95. The van der Waals surface area contributed by atoms with Gasteiger partial charge in [-0.15, -0.1) is 0 Å². The monoisotopic (exact) mass is 348 g/mol. The summed E-state index contributed by atoms with van der Waals surface area (Å²) < 4.78 is 11.4. The maximum atomic E-state index is 6.06. The van der Waals surface area contributed by atoms with Gasteiger partial charge in [0.2, 0.25) is 0 Å². The van der Waals surface area contributed by atoms with Crippen LogP contribution < -0.4 is 4.74 Å². The van der Waals surface area contributed by atoms with Crippen molar-refractivity contribution in [3.8, 4) is 5.75 Å². The van der Waals surface area contributed by atoms with Gasteiger partial charge in [0.25, 0.3) is 0 Å². The Labute approximate surface area is 154 Å². The first-order valence-electron chi connectivity index (χ1n) is 9.14. The first kappa shape index (κ1) is 16.9. The summed E-state index contributed by atoms with van der Waals surface area (Å²) in [5.41, 5.74) is 2.53. The van der Waals surface area contributed by atoms with Crippen LogP contribution in [-0.2, 0) is 13.0 Å². The van der Waals surface area contributed by atoms with Crippen LogP contribution in [0.1, 0.15) is 35.1 Å². The molecule has 2 heterocycles. The lowest BCUT2D eigenvalue weighted by molar-refractivity contribution is 0.318. The normalized spacial score (nSPS) is 17.5. The lowest BCUT2D eigenvalue weighted by Crippen LogP contribution is -2.19. The molecule has 4 nitrogen and oxygen atoms in total. The van der Waals surface area contributed by atoms with Gasteiger partial charge in [-0.2, -0.15) is 0 Å². The second-order valence-electron chi connectivity index (χ2n) is 6.90. The van der Waals surface area contributed by atoms with Crippen LogP contribution in [0.4, 0.5) is 0 Å². The number of likely N-dealkylation sites (tertiary alicyclic amines) is 1. The number of aromatic nitrogens is 1. The van der Waals surface area contributed by atoms with Gasteiger partial charge in [-0.3, -0.25) is 4.90 Å². The minimum Gasteiger partial charge on any atom is -0.497 e. The highest BCUT2D eigenvalue weighted by Gasteiger charge is 2.27. The fourth-order valence-corrected chi connectivity index (χ4v) is 3.60. The van der Waals surface area contributed by atoms with Gasteiger partial charge in [0.1, 0.15) is 11.5 Å². The molecule has 134 valence electrons. The second-order valence-corrected chi connectivity index (χ2v) is 6.90. The molecular weight excluding hydrogens is 324 g/mol. The first-order chi connectivity index (χ1) is 12.8. The molecule has 0 bridgehead atoms. The quantitative estimate of drug-likeness (QED) is 0.667. The molecule has 0 saturated carbocycles. The van der Waals surface area contributed by atoms with E-state index in [2.05, 4.69) is 46.3 Å². The van der Waals surface area contributed by atoms with Crippen LogP contribution in [0, 0.1) is 0 Å². The van der Waals surface area contributed by atoms with Crippen molar-refractivity contribution < 1.29 is 9.15 Å². The molecule has 1 aliphatic rings. The Morgan fingerprint density at radius 1 is 1.12 bits per heavy atom. The van der Waals surface area contributed by atoms with Gasteiger partial charge in [-0.25, -0.2) is 4.98 Å². The fraction of sp³-hybridized carbons (Fsp3) is 0.318. The summed E-state index contributed by atoms with van der Waals surface area (Å²) in [5, 5.41) is 0. The highest BCUT2D eigenvalue weighted by atomic mass is 16.5. The molecule has 1 atom stereocenters. The van der Waals surface area contributed by atoms with Crippen molar-refractivity contribution in [1.29, 1.82) is 0 Å². The Morgan fingerprint density at radius 2 is 1.96 bits per heavy atom. The van der Waals surface area contributed by atoms with Gasteiger partial charge in [-0.05, 0) is 36.2 Å². The summed E-state index contributed by atoms with van der Waals surface area (Å²) in [5.74, 6) is 3.04. The van der Waals surface area contributed by atoms with Crippen LogP contribution in [-0.4, -0.2) is 30.1 Å². The smallest absolute Gasteiger partial charge is 0.198 e. The van der Waals surface area contributed by atoms with Crippen molar-refractivity contribution in [1.82, 2.24) is 9.88 Å². The van der Waals surface area contributed by atoms with Crippen LogP contribution in [0.3, 0.4) is 0 Å². The maximum Gasteiger partial charge on any atom is 0.198 e. The Morgan fingerprint density at radius 3 is 2.81 bits per heavy atom. The van der Waals surface area contributed by atoms with E-state index >= 15 is 0 Å². The minimum absolute atomic E-state index is 0.387. The zero-order valence-corrected chi connectivity index (χ0v) is 15.1. The molecule has 0 amide bonds. The molecule has 1 fully saturated rings. The second kappa shape index (κ2) is 7.75. The molecule has 0 aliphatic carbocycles. The fourth-order valence-electron chi connectivity index (χ4n) is 3.60. The average Bonchev–Trinajstić information content (AvgIpc) is 3.32. The third kappa shape index (κ3) is 3.97. The molecule has 0 unspecified atom stereocenters. The van der Waals surface area contributed by atoms with E-state index in [4.69, 9.17) is 9.15 Å². The molecular formula is C22H24N2O2. The largest absolute Gasteiger partial charge is 0.497 e. The van der Waals surface area contributed by atoms with Crippen molar-refractivity contribution in [3.05, 3.63) is 83.6 Å². The number of nitrogens with zero attached hydrogens (tertiary/aromatic N) is 2. The van der Waals surface area contributed by atoms with Crippen LogP contribution in [0.5, 0.6) is 5.75 Å². The molecule has 26 heavy (non-hydrogen) atoms. The Hall–Kier alpha value is -2.59. The lowest BCUT2D eigenvalue weighted by atomic mass is 10.1. The number of rotatable bonds is 6. The van der Waals surface area contributed by atoms with E-state index in [0.717, 1.165) is 49.9 Å². The summed E-state index contributed by atoms with van der Waals surface area (Å²) in [6.45, 7) is 3.09. The molecule has 1 aromatic heterocycles. The standard InChI is InChI=1S/C22H24N2O2/c1-25-20-9-5-8-18(12-20)13-21-14-23-22(26-21)19-10-11-24(16-19)15-17-6-3-2-4-7-17/h2-9,12,14,19H,10-11,13,15-16H2,1H3/t19-/m0/s1. The van der Waals surface area contributed by atoms with E-state index in [1.165, 1.54) is 11.1 Å². The molecule has 0 N–H and O–H groups in total. The summed E-state index contributed by atoms with van der Waals surface area (Å²) >= 11 is 0. The van der Waals surface area contributed by atoms with E-state index in [-0.39, 0.29) is 0 Å². The highest BCUT2D eigenvalue weighted by Crippen LogP contribution is 2.28. The van der Waals surface area contributed by atoms with E-state index < -0.39 is 0 Å². The molecule has 3 aromatic rings. The summed E-state index contributed by atoms with van der Waals surface area (Å²) in [6.07, 6.45) is 3.71. The predicted molar refractivity (Wildman–Crippen MR) is 101 cm³/mol. The summed E-state index contributed by atoms with van der Waals surface area (Å²) in [7, 11) is 1.69. The molecule has 2 aromatic carbocycles. The molecule has 4 rings (SSSR count). The van der Waals surface area contributed by atoms with Crippen LogP contribution >= 0.6 is 0 Å². The van der Waals surface area contributed by atoms with E-state index in [1.54, 1.807) is 7.11 Å². The number of methoxy groups -OCH3 is 1. The Balaban J connectivity index is 1.37. The highest BCUT2D eigenvalue weighted by molar-refractivity contribution is 5.30. The summed E-state index contributed by atoms with van der Waals surface area (Å²) in [6, 6.07) is 18.7. The van der Waals surface area contributed by atoms with Gasteiger partial charge in [0.05, 0.1) is 13.3 Å². The maximum absolute atomic E-state index is 6.06. The van der Waals surface area contributed by atoms with Crippen molar-refractivity contribution in [2.45, 2.75) is 25.3 Å². The molecule has 1 saturated heterocycles. The summed E-state index contributed by atoms with van der Waals surface area (Å²) in [4.78, 5) is 7.03. The first-order valence-corrected chi connectivity index (χ1v) is 9.14. The van der Waals surface area contributed by atoms with Gasteiger partial charge >= 0.3 is 0 Å². The topological polar surface area (TPSA) is 38.5 Å². The minimum atomic E-state index is 0.387.